The predicted octanol–water partition coefficient (Wildman–Crippen LogP) is 3.80. The smallest absolute Gasteiger partial charge is 0.272 e. The van der Waals surface area contributed by atoms with Crippen LogP contribution in [0, 0.1) is 0 Å². The Morgan fingerprint density at radius 2 is 2.12 bits per heavy atom. The maximum Gasteiger partial charge on any atom is 0.272 e. The van der Waals surface area contributed by atoms with E-state index in [1.165, 1.54) is 0 Å². The van der Waals surface area contributed by atoms with Gasteiger partial charge in [0.25, 0.3) is 5.91 Å². The van der Waals surface area contributed by atoms with E-state index in [0.717, 1.165) is 28.2 Å². The molecule has 0 saturated heterocycles. The Hall–Kier alpha value is -3.78. The van der Waals surface area contributed by atoms with Crippen LogP contribution in [0.2, 0.25) is 5.02 Å². The fourth-order valence-corrected chi connectivity index (χ4v) is 4.22. The summed E-state index contributed by atoms with van der Waals surface area (Å²) in [6.07, 6.45) is 3.77. The summed E-state index contributed by atoms with van der Waals surface area (Å²) in [7, 11) is 3.25. The number of methoxy groups -OCH3 is 2. The topological polar surface area (TPSA) is 87.0 Å². The molecule has 0 fully saturated rings. The van der Waals surface area contributed by atoms with Gasteiger partial charge in [-0.05, 0) is 42.0 Å². The number of nitrogens with zero attached hydrogens (tertiary/aromatic N) is 3. The summed E-state index contributed by atoms with van der Waals surface area (Å²) in [5.74, 6) is 1.80. The molecule has 0 saturated carbocycles. The van der Waals surface area contributed by atoms with E-state index in [0.29, 0.717) is 35.1 Å². The highest BCUT2D eigenvalue weighted by atomic mass is 35.5. The number of nitrogens with one attached hydrogen (secondary N) is 1. The van der Waals surface area contributed by atoms with Crippen LogP contribution >= 0.6 is 11.6 Å². The first-order valence-electron chi connectivity index (χ1n) is 10.4. The van der Waals surface area contributed by atoms with Gasteiger partial charge in [0.05, 0.1) is 25.8 Å². The molecule has 1 aliphatic rings. The largest absolute Gasteiger partial charge is 0.497 e. The quantitative estimate of drug-likeness (QED) is 0.467. The minimum Gasteiger partial charge on any atom is -0.497 e. The van der Waals surface area contributed by atoms with Crippen molar-refractivity contribution in [3.8, 4) is 28.4 Å². The average Bonchev–Trinajstić information content (AvgIpc) is 3.46. The molecule has 4 aromatic rings. The van der Waals surface area contributed by atoms with Gasteiger partial charge in [-0.1, -0.05) is 11.6 Å². The van der Waals surface area contributed by atoms with Gasteiger partial charge in [0.15, 0.2) is 11.3 Å². The molecule has 0 bridgehead atoms. The van der Waals surface area contributed by atoms with E-state index in [2.05, 4.69) is 15.4 Å². The van der Waals surface area contributed by atoms with Crippen LogP contribution < -0.4 is 19.5 Å². The molecule has 1 aliphatic heterocycles. The van der Waals surface area contributed by atoms with Gasteiger partial charge in [-0.2, -0.15) is 5.10 Å². The maximum absolute atomic E-state index is 12.6. The van der Waals surface area contributed by atoms with Crippen molar-refractivity contribution in [2.24, 2.45) is 0 Å². The fraction of sp³-hybridized carbons (Fsp3) is 0.208. The van der Waals surface area contributed by atoms with Gasteiger partial charge < -0.3 is 19.5 Å². The minimum atomic E-state index is -0.284. The minimum absolute atomic E-state index is 0.237. The second-order valence-electron chi connectivity index (χ2n) is 7.62. The van der Waals surface area contributed by atoms with Gasteiger partial charge in [-0.3, -0.25) is 4.79 Å². The lowest BCUT2D eigenvalue weighted by atomic mass is 9.99. The number of halogens is 1. The maximum atomic E-state index is 12.6. The summed E-state index contributed by atoms with van der Waals surface area (Å²) >= 11 is 6.56. The molecule has 2 aromatic heterocycles. The number of hydrogen-bond acceptors (Lipinski definition) is 6. The number of carbonyl (C=O) groups is 1. The van der Waals surface area contributed by atoms with E-state index in [9.17, 15) is 4.79 Å². The second-order valence-corrected chi connectivity index (χ2v) is 8.03. The average molecular weight is 465 g/mol. The lowest BCUT2D eigenvalue weighted by molar-refractivity contribution is 0.0928. The third-order valence-electron chi connectivity index (χ3n) is 5.53. The highest BCUT2D eigenvalue weighted by Gasteiger charge is 2.27. The molecule has 0 aliphatic carbocycles. The molecule has 9 heteroatoms. The van der Waals surface area contributed by atoms with Gasteiger partial charge in [-0.15, -0.1) is 0 Å². The van der Waals surface area contributed by atoms with Crippen LogP contribution in [0.25, 0.3) is 16.8 Å². The first kappa shape index (κ1) is 21.1. The zero-order valence-electron chi connectivity index (χ0n) is 18.0. The Morgan fingerprint density at radius 1 is 1.24 bits per heavy atom. The summed E-state index contributed by atoms with van der Waals surface area (Å²) in [6, 6.07) is 12.9. The Bertz CT molecular complexity index is 1320. The summed E-state index contributed by atoms with van der Waals surface area (Å²) in [5, 5.41) is 7.64. The van der Waals surface area contributed by atoms with Crippen molar-refractivity contribution in [1.29, 1.82) is 0 Å². The Balaban J connectivity index is 1.32. The molecular weight excluding hydrogens is 444 g/mol. The monoisotopic (exact) mass is 464 g/mol. The van der Waals surface area contributed by atoms with Crippen molar-refractivity contribution in [3.63, 3.8) is 0 Å². The van der Waals surface area contributed by atoms with Crippen molar-refractivity contribution in [3.05, 3.63) is 71.1 Å². The van der Waals surface area contributed by atoms with E-state index >= 15 is 0 Å². The number of carbonyl (C=O) groups excluding carboxylic acids is 1. The van der Waals surface area contributed by atoms with E-state index < -0.39 is 0 Å². The van der Waals surface area contributed by atoms with Gasteiger partial charge in [0, 0.05) is 36.0 Å². The number of amides is 1. The van der Waals surface area contributed by atoms with Gasteiger partial charge in [-0.25, -0.2) is 9.50 Å². The molecule has 33 heavy (non-hydrogen) atoms. The molecule has 1 unspecified atom stereocenters. The van der Waals surface area contributed by atoms with Crippen LogP contribution in [0.4, 0.5) is 0 Å². The standard InChI is InChI=1S/C24H21ClN4O4/c1-31-16-4-5-21(32-2)18(11-16)14-8-15-9-17(33-23(15)19(25)10-14)13-27-24(30)20-12-22-26-6-3-7-29(22)28-20/h3-8,10-12,17H,9,13H2,1-2H3,(H,27,30). The Morgan fingerprint density at radius 3 is 2.91 bits per heavy atom. The summed E-state index contributed by atoms with van der Waals surface area (Å²) in [6.45, 7) is 0.322. The van der Waals surface area contributed by atoms with E-state index in [4.69, 9.17) is 25.8 Å². The summed E-state index contributed by atoms with van der Waals surface area (Å²) < 4.78 is 18.5. The number of rotatable bonds is 6. The molecule has 0 radical (unpaired) electrons. The summed E-state index contributed by atoms with van der Waals surface area (Å²) in [5.41, 5.74) is 3.66. The number of fused-ring (bicyclic) bond motifs is 2. The normalized spacial score (nSPS) is 14.6. The molecule has 1 atom stereocenters. The third kappa shape index (κ3) is 4.05. The number of ether oxygens (including phenoxy) is 3. The highest BCUT2D eigenvalue weighted by molar-refractivity contribution is 6.32. The van der Waals surface area contributed by atoms with E-state index in [1.54, 1.807) is 43.3 Å². The van der Waals surface area contributed by atoms with Crippen LogP contribution in [-0.4, -0.2) is 47.4 Å². The molecule has 8 nitrogen and oxygen atoms in total. The van der Waals surface area contributed by atoms with Gasteiger partial charge >= 0.3 is 0 Å². The van der Waals surface area contributed by atoms with Crippen LogP contribution in [-0.2, 0) is 6.42 Å². The number of aromatic nitrogens is 3. The van der Waals surface area contributed by atoms with Crippen LogP contribution in [0.3, 0.4) is 0 Å². The summed E-state index contributed by atoms with van der Waals surface area (Å²) in [4.78, 5) is 16.7. The molecular formula is C24H21ClN4O4. The first-order valence-corrected chi connectivity index (χ1v) is 10.7. The predicted molar refractivity (Wildman–Crippen MR) is 123 cm³/mol. The molecule has 1 N–H and O–H groups in total. The van der Waals surface area contributed by atoms with Crippen molar-refractivity contribution in [1.82, 2.24) is 19.9 Å². The number of hydrogen-bond donors (Lipinski definition) is 1. The lowest BCUT2D eigenvalue weighted by Crippen LogP contribution is -2.34. The zero-order chi connectivity index (χ0) is 22.9. The highest BCUT2D eigenvalue weighted by Crippen LogP contribution is 2.42. The third-order valence-corrected chi connectivity index (χ3v) is 5.81. The van der Waals surface area contributed by atoms with E-state index in [-0.39, 0.29) is 12.0 Å². The molecule has 0 spiro atoms. The second kappa shape index (κ2) is 8.63. The van der Waals surface area contributed by atoms with Crippen LogP contribution in [0.1, 0.15) is 16.1 Å². The van der Waals surface area contributed by atoms with Crippen molar-refractivity contribution < 1.29 is 19.0 Å². The van der Waals surface area contributed by atoms with Crippen LogP contribution in [0.15, 0.2) is 54.9 Å². The molecule has 5 rings (SSSR count). The van der Waals surface area contributed by atoms with Gasteiger partial charge in [0.2, 0.25) is 0 Å². The Labute approximate surface area is 195 Å². The Kier molecular flexibility index (Phi) is 5.51. The van der Waals surface area contributed by atoms with Crippen molar-refractivity contribution in [2.45, 2.75) is 12.5 Å². The molecule has 2 aromatic carbocycles. The lowest BCUT2D eigenvalue weighted by Gasteiger charge is -2.13. The number of benzene rings is 2. The van der Waals surface area contributed by atoms with E-state index in [1.807, 2.05) is 30.3 Å². The molecule has 1 amide bonds. The van der Waals surface area contributed by atoms with Crippen molar-refractivity contribution in [2.75, 3.05) is 20.8 Å². The first-order chi connectivity index (χ1) is 16.1. The zero-order valence-corrected chi connectivity index (χ0v) is 18.8. The van der Waals surface area contributed by atoms with Gasteiger partial charge in [0.1, 0.15) is 23.4 Å². The molecule has 3 heterocycles. The van der Waals surface area contributed by atoms with Crippen LogP contribution in [0.5, 0.6) is 17.2 Å². The van der Waals surface area contributed by atoms with Crippen molar-refractivity contribution >= 4 is 23.2 Å². The molecule has 168 valence electrons. The SMILES string of the molecule is COc1ccc(OC)c(-c2cc(Cl)c3c(c2)CC(CNC(=O)c2cc4ncccn4n2)O3)c1. The fourth-order valence-electron chi connectivity index (χ4n) is 3.93.